The van der Waals surface area contributed by atoms with Gasteiger partial charge in [0.05, 0.1) is 39.8 Å². The lowest BCUT2D eigenvalue weighted by molar-refractivity contribution is 0.880. The predicted octanol–water partition coefficient (Wildman–Crippen LogP) is 27.9. The van der Waals surface area contributed by atoms with E-state index in [1.807, 2.05) is 57.1 Å². The van der Waals surface area contributed by atoms with Crippen LogP contribution in [0.2, 0.25) is 0 Å². The van der Waals surface area contributed by atoms with Crippen molar-refractivity contribution in [2.24, 2.45) is 0 Å². The maximum Gasteiger partial charge on any atom is 0.252 e. The quantitative estimate of drug-likeness (QED) is 0.126. The molecule has 0 fully saturated rings. The number of fused-ring (bicyclic) bond motifs is 23. The number of thiophene rings is 4. The van der Waals surface area contributed by atoms with Crippen molar-refractivity contribution in [1.82, 2.24) is 0 Å². The Bertz CT molecular complexity index is 8070. The van der Waals surface area contributed by atoms with Gasteiger partial charge in [-0.3, -0.25) is 0 Å². The second-order valence-corrected chi connectivity index (χ2v) is 37.9. The first-order chi connectivity index (χ1) is 60.1. The van der Waals surface area contributed by atoms with E-state index in [1.54, 1.807) is 0 Å². The van der Waals surface area contributed by atoms with Crippen LogP contribution >= 0.6 is 57.1 Å². The van der Waals surface area contributed by atoms with Gasteiger partial charge in [0.15, 0.2) is 0 Å². The highest BCUT2D eigenvalue weighted by Gasteiger charge is 2.50. The zero-order valence-corrected chi connectivity index (χ0v) is 69.1. The van der Waals surface area contributed by atoms with Crippen molar-refractivity contribution in [2.45, 2.75) is 16.1 Å². The van der Waals surface area contributed by atoms with Crippen molar-refractivity contribution < 1.29 is 0 Å². The summed E-state index contributed by atoms with van der Waals surface area (Å²) in [5.74, 6) is 0.264. The van der Waals surface area contributed by atoms with Crippen LogP contribution in [0.4, 0.5) is 102 Å². The standard InChI is InChI=1S/C108H66B2N6S5/c1-4-29-65(30-5-1)111(82-45-25-55-98-102(82)72-36-11-20-51-94(72)117-98)68-60-90-107-92(61-68)116(85-48-28-58-101-105(85)75-39-14-23-54-97(75)120-101)88-64-87-78(63-79(88)110(107)77-42-16-18-44-81(77)114(90)83-46-26-56-99-103(83)73-37-12-21-52-95(73)118-99)109-76-41-15-17-43-80(76)113(67-33-8-3-9-34-67)89-59-69(62-91(106(89)109)115(87)84-47-27-57-100-104(84)74-38-13-22-53-96(74)119-100)112(66-31-6-2-7-32-66)86-49-24-40-71-70-35-10-19-50-93(70)121-108(71)86/h1-64,70,93H. The lowest BCUT2D eigenvalue weighted by atomic mass is 9.30. The van der Waals surface area contributed by atoms with E-state index in [1.165, 1.54) is 130 Å². The molecule has 0 N–H and O–H groups in total. The molecule has 21 aromatic rings. The summed E-state index contributed by atoms with van der Waals surface area (Å²) in [6, 6.07) is 139. The molecule has 0 bridgehead atoms. The normalized spacial score (nSPS) is 15.1. The summed E-state index contributed by atoms with van der Waals surface area (Å²) in [6.07, 6.45) is 9.28. The third kappa shape index (κ3) is 9.95. The number of hydrogen-bond donors (Lipinski definition) is 0. The summed E-state index contributed by atoms with van der Waals surface area (Å²) in [5.41, 5.74) is 29.0. The monoisotopic (exact) mass is 1630 g/mol. The van der Waals surface area contributed by atoms with Gasteiger partial charge in [0.2, 0.25) is 0 Å². The molecule has 6 nitrogen and oxygen atoms in total. The molecule has 2 unspecified atom stereocenters. The van der Waals surface area contributed by atoms with Gasteiger partial charge >= 0.3 is 0 Å². The van der Waals surface area contributed by atoms with Gasteiger partial charge in [-0.05, 0) is 196 Å². The Hall–Kier alpha value is -13.6. The van der Waals surface area contributed by atoms with Crippen molar-refractivity contribution in [3.8, 4) is 0 Å². The topological polar surface area (TPSA) is 19.4 Å². The fraction of sp³-hybridized carbons (Fsp3) is 0.0185. The van der Waals surface area contributed by atoms with Gasteiger partial charge in [-0.25, -0.2) is 0 Å². The maximum absolute atomic E-state index is 2.75. The zero-order chi connectivity index (χ0) is 78.8. The molecule has 0 radical (unpaired) electrons. The third-order valence-corrected chi connectivity index (χ3v) is 32.0. The average Bonchev–Trinajstić information content (AvgIpc) is 0.784. The minimum absolute atomic E-state index is 0.260. The van der Waals surface area contributed by atoms with E-state index in [9.17, 15) is 0 Å². The number of hydrogen-bond acceptors (Lipinski definition) is 11. The molecular formula is C108H66B2N6S5. The van der Waals surface area contributed by atoms with E-state index < -0.39 is 0 Å². The first kappa shape index (κ1) is 68.3. The molecule has 5 aliphatic heterocycles. The van der Waals surface area contributed by atoms with Gasteiger partial charge < -0.3 is 29.4 Å². The number of anilines is 18. The van der Waals surface area contributed by atoms with Crippen LogP contribution in [0.15, 0.2) is 393 Å². The van der Waals surface area contributed by atoms with Crippen LogP contribution in [0.5, 0.6) is 0 Å². The molecule has 0 spiro atoms. The Balaban J connectivity index is 0.808. The van der Waals surface area contributed by atoms with Crippen molar-refractivity contribution in [2.75, 3.05) is 29.4 Å². The number of nitrogens with zero attached hydrogens (tertiary/aromatic N) is 6. The lowest BCUT2D eigenvalue weighted by Crippen LogP contribution is -2.65. The molecular weight excluding hydrogens is 1560 g/mol. The van der Waals surface area contributed by atoms with Crippen molar-refractivity contribution in [3.05, 3.63) is 394 Å². The molecule has 121 heavy (non-hydrogen) atoms. The van der Waals surface area contributed by atoms with Crippen LogP contribution in [0.3, 0.4) is 0 Å². The first-order valence-electron chi connectivity index (χ1n) is 41.5. The molecule has 0 saturated heterocycles. The minimum atomic E-state index is -0.283. The van der Waals surface area contributed by atoms with Crippen molar-refractivity contribution in [1.29, 1.82) is 0 Å². The molecule has 6 aliphatic rings. The van der Waals surface area contributed by atoms with Gasteiger partial charge in [-0.1, -0.05) is 231 Å². The van der Waals surface area contributed by atoms with E-state index in [0.717, 1.165) is 96.7 Å². The molecule has 27 rings (SSSR count). The van der Waals surface area contributed by atoms with Crippen LogP contribution < -0.4 is 62.2 Å². The Morgan fingerprint density at radius 1 is 0.248 bits per heavy atom. The number of allylic oxidation sites excluding steroid dienone is 3. The number of para-hydroxylation sites is 5. The highest BCUT2D eigenvalue weighted by atomic mass is 32.2. The van der Waals surface area contributed by atoms with E-state index in [4.69, 9.17) is 0 Å². The average molecular weight is 1630 g/mol. The SMILES string of the molecule is C1=CC2Sc3c(cccc3N(c3ccccc3)c3cc4c5c(c3)N(c3cccc6sc7ccccc7c36)c3cc6c(cc3B5c3ccccc3N4c3ccccc3)B3c4ccccc4N(c4cccc5sc7ccccc7c45)c4cc(N(c5ccccc5)c5cccc7sc8ccccc8c57)cc(c43)N6c3cccc4sc5ccccc5c34)C2C=C1. The maximum atomic E-state index is 2.75. The second kappa shape index (κ2) is 26.4. The molecule has 17 aromatic carbocycles. The minimum Gasteiger partial charge on any atom is -0.311 e. The Morgan fingerprint density at radius 2 is 0.612 bits per heavy atom. The molecule has 1 aliphatic carbocycles. The first-order valence-corrected chi connectivity index (χ1v) is 45.6. The van der Waals surface area contributed by atoms with Crippen molar-refractivity contribution >= 4 is 286 Å². The van der Waals surface area contributed by atoms with Gasteiger partial charge in [0.25, 0.3) is 13.4 Å². The zero-order valence-electron chi connectivity index (χ0n) is 65.0. The third-order valence-electron chi connectivity index (χ3n) is 26.0. The Labute approximate surface area is 719 Å². The number of thioether (sulfide) groups is 1. The van der Waals surface area contributed by atoms with Gasteiger partial charge in [-0.15, -0.1) is 57.1 Å². The Kier molecular flexibility index (Phi) is 14.9. The van der Waals surface area contributed by atoms with Gasteiger partial charge in [0.1, 0.15) is 0 Å². The largest absolute Gasteiger partial charge is 0.311 e. The van der Waals surface area contributed by atoms with E-state index in [2.05, 4.69) is 418 Å². The van der Waals surface area contributed by atoms with Crippen LogP contribution in [0.1, 0.15) is 11.5 Å². The van der Waals surface area contributed by atoms with E-state index >= 15 is 0 Å². The predicted molar refractivity (Wildman–Crippen MR) is 526 cm³/mol. The van der Waals surface area contributed by atoms with Crippen LogP contribution in [0, 0.1) is 0 Å². The molecule has 0 amide bonds. The van der Waals surface area contributed by atoms with Crippen molar-refractivity contribution in [3.63, 3.8) is 0 Å². The van der Waals surface area contributed by atoms with Crippen LogP contribution in [-0.4, -0.2) is 18.7 Å². The molecule has 0 saturated carbocycles. The molecule has 4 aromatic heterocycles. The summed E-state index contributed by atoms with van der Waals surface area (Å²) < 4.78 is 10.0. The Morgan fingerprint density at radius 3 is 1.12 bits per heavy atom. The number of rotatable bonds is 10. The molecule has 13 heteroatoms. The molecule has 564 valence electrons. The summed E-state index contributed by atoms with van der Waals surface area (Å²) >= 11 is 9.52. The summed E-state index contributed by atoms with van der Waals surface area (Å²) in [7, 11) is 0. The van der Waals surface area contributed by atoms with Crippen LogP contribution in [-0.2, 0) is 0 Å². The summed E-state index contributed by atoms with van der Waals surface area (Å²) in [4.78, 5) is 17.2. The van der Waals surface area contributed by atoms with Gasteiger partial charge in [0, 0.05) is 159 Å². The highest BCUT2D eigenvalue weighted by molar-refractivity contribution is 8.00. The lowest BCUT2D eigenvalue weighted by Gasteiger charge is -2.48. The van der Waals surface area contributed by atoms with E-state index in [-0.39, 0.29) is 24.6 Å². The fourth-order valence-electron chi connectivity index (χ4n) is 21.3. The molecule has 2 atom stereocenters. The summed E-state index contributed by atoms with van der Waals surface area (Å²) in [6.45, 7) is -0.542. The second-order valence-electron chi connectivity index (χ2n) is 32.3. The summed E-state index contributed by atoms with van der Waals surface area (Å²) in [5, 5.41) is 10.2. The van der Waals surface area contributed by atoms with E-state index in [0.29, 0.717) is 0 Å². The van der Waals surface area contributed by atoms with Gasteiger partial charge in [-0.2, -0.15) is 0 Å². The number of benzene rings is 17. The smallest absolute Gasteiger partial charge is 0.252 e. The highest BCUT2D eigenvalue weighted by Crippen LogP contribution is 2.60. The molecule has 9 heterocycles. The van der Waals surface area contributed by atoms with Crippen LogP contribution in [0.25, 0.3) is 80.7 Å². The fourth-order valence-corrected chi connectivity index (χ4v) is 27.2.